The number of ether oxygens (including phenoxy) is 1. The van der Waals surface area contributed by atoms with Crippen LogP contribution < -0.4 is 0 Å². The molecule has 0 radical (unpaired) electrons. The van der Waals surface area contributed by atoms with Crippen molar-refractivity contribution in [1.29, 1.82) is 0 Å². The quantitative estimate of drug-likeness (QED) is 0.115. The molecule has 2 heteroatoms. The molecule has 0 unspecified atom stereocenters. The molecule has 0 atom stereocenters. The highest BCUT2D eigenvalue weighted by Crippen LogP contribution is 2.12. The van der Waals surface area contributed by atoms with E-state index in [1.165, 1.54) is 89.5 Å². The second kappa shape index (κ2) is 20.0. The molecular formula is C22H40O2. The van der Waals surface area contributed by atoms with Crippen molar-refractivity contribution in [1.82, 2.24) is 0 Å². The summed E-state index contributed by atoms with van der Waals surface area (Å²) in [6.45, 7) is 6.18. The van der Waals surface area contributed by atoms with Gasteiger partial charge in [0.25, 0.3) is 0 Å². The molecule has 2 nitrogen and oxygen atoms in total. The molecule has 0 aromatic heterocycles. The van der Waals surface area contributed by atoms with Crippen LogP contribution in [0, 0.1) is 0 Å². The molecule has 0 aliphatic heterocycles. The third kappa shape index (κ3) is 19.0. The largest absolute Gasteiger partial charge is 0.463 e. The van der Waals surface area contributed by atoms with Crippen molar-refractivity contribution in [2.24, 2.45) is 0 Å². The SMILES string of the molecule is C=CC(=O)OCCCCCCCCCCCC/C=C/CCCCC. The monoisotopic (exact) mass is 336 g/mol. The molecule has 0 N–H and O–H groups in total. The molecule has 0 aromatic rings. The van der Waals surface area contributed by atoms with Crippen molar-refractivity contribution < 1.29 is 9.53 Å². The maximum atomic E-state index is 10.8. The van der Waals surface area contributed by atoms with Crippen LogP contribution in [0.2, 0.25) is 0 Å². The minimum atomic E-state index is -0.304. The van der Waals surface area contributed by atoms with E-state index in [-0.39, 0.29) is 5.97 Å². The Labute approximate surface area is 150 Å². The first kappa shape index (κ1) is 22.9. The minimum absolute atomic E-state index is 0.304. The number of carbonyl (C=O) groups is 1. The van der Waals surface area contributed by atoms with Gasteiger partial charge in [0, 0.05) is 6.08 Å². The van der Waals surface area contributed by atoms with Crippen LogP contribution in [-0.4, -0.2) is 12.6 Å². The van der Waals surface area contributed by atoms with Crippen LogP contribution >= 0.6 is 0 Å². The molecule has 24 heavy (non-hydrogen) atoms. The lowest BCUT2D eigenvalue weighted by atomic mass is 10.1. The van der Waals surface area contributed by atoms with Crippen LogP contribution in [-0.2, 0) is 9.53 Å². The minimum Gasteiger partial charge on any atom is -0.463 e. The van der Waals surface area contributed by atoms with Gasteiger partial charge in [-0.25, -0.2) is 4.79 Å². The van der Waals surface area contributed by atoms with Gasteiger partial charge in [-0.3, -0.25) is 0 Å². The number of hydrogen-bond donors (Lipinski definition) is 0. The highest BCUT2D eigenvalue weighted by atomic mass is 16.5. The van der Waals surface area contributed by atoms with E-state index in [9.17, 15) is 4.79 Å². The molecule has 0 aliphatic rings. The Morgan fingerprint density at radius 1 is 0.750 bits per heavy atom. The number of esters is 1. The predicted octanol–water partition coefficient (Wildman–Crippen LogP) is 7.14. The molecule has 0 bridgehead atoms. The van der Waals surface area contributed by atoms with Gasteiger partial charge in [-0.2, -0.15) is 0 Å². The fraction of sp³-hybridized carbons (Fsp3) is 0.773. The number of allylic oxidation sites excluding steroid dienone is 2. The van der Waals surface area contributed by atoms with Gasteiger partial charge < -0.3 is 4.74 Å². The number of carbonyl (C=O) groups excluding carboxylic acids is 1. The first-order valence-corrected chi connectivity index (χ1v) is 10.3. The van der Waals surface area contributed by atoms with E-state index >= 15 is 0 Å². The molecule has 0 saturated heterocycles. The summed E-state index contributed by atoms with van der Waals surface area (Å²) in [4.78, 5) is 10.8. The Bertz CT molecular complexity index is 307. The molecule has 0 amide bonds. The topological polar surface area (TPSA) is 26.3 Å². The lowest BCUT2D eigenvalue weighted by molar-refractivity contribution is -0.137. The summed E-state index contributed by atoms with van der Waals surface area (Å²) in [5.74, 6) is -0.304. The second-order valence-corrected chi connectivity index (χ2v) is 6.66. The van der Waals surface area contributed by atoms with Gasteiger partial charge in [0.15, 0.2) is 0 Å². The summed E-state index contributed by atoms with van der Waals surface area (Å²) in [7, 11) is 0. The Morgan fingerprint density at radius 3 is 1.71 bits per heavy atom. The van der Waals surface area contributed by atoms with Gasteiger partial charge >= 0.3 is 5.97 Å². The zero-order valence-corrected chi connectivity index (χ0v) is 16.1. The number of hydrogen-bond acceptors (Lipinski definition) is 2. The predicted molar refractivity (Wildman–Crippen MR) is 105 cm³/mol. The van der Waals surface area contributed by atoms with Crippen molar-refractivity contribution in [3.05, 3.63) is 24.8 Å². The molecule has 0 fully saturated rings. The second-order valence-electron chi connectivity index (χ2n) is 6.66. The Hall–Kier alpha value is -1.05. The van der Waals surface area contributed by atoms with E-state index in [1.807, 2.05) is 0 Å². The van der Waals surface area contributed by atoms with E-state index in [2.05, 4.69) is 25.7 Å². The Kier molecular flexibility index (Phi) is 19.1. The van der Waals surface area contributed by atoms with Crippen molar-refractivity contribution in [3.63, 3.8) is 0 Å². The number of unbranched alkanes of at least 4 members (excludes halogenated alkanes) is 13. The molecule has 140 valence electrons. The van der Waals surface area contributed by atoms with Gasteiger partial charge in [-0.05, 0) is 32.1 Å². The highest BCUT2D eigenvalue weighted by molar-refractivity contribution is 5.81. The average molecular weight is 337 g/mol. The zero-order valence-electron chi connectivity index (χ0n) is 16.1. The Balaban J connectivity index is 3.07. The van der Waals surface area contributed by atoms with Gasteiger partial charge in [-0.15, -0.1) is 0 Å². The summed E-state index contributed by atoms with van der Waals surface area (Å²) >= 11 is 0. The maximum Gasteiger partial charge on any atom is 0.330 e. The van der Waals surface area contributed by atoms with Crippen molar-refractivity contribution in [2.75, 3.05) is 6.61 Å². The summed E-state index contributed by atoms with van der Waals surface area (Å²) in [6.07, 6.45) is 25.5. The molecule has 0 saturated carbocycles. The molecule has 0 aromatic carbocycles. The Morgan fingerprint density at radius 2 is 1.21 bits per heavy atom. The van der Waals surface area contributed by atoms with E-state index in [0.29, 0.717) is 6.61 Å². The maximum absolute atomic E-state index is 10.8. The van der Waals surface area contributed by atoms with Crippen LogP contribution in [0.5, 0.6) is 0 Å². The van der Waals surface area contributed by atoms with Gasteiger partial charge in [0.2, 0.25) is 0 Å². The fourth-order valence-corrected chi connectivity index (χ4v) is 2.76. The van der Waals surface area contributed by atoms with E-state index in [1.54, 1.807) is 0 Å². The average Bonchev–Trinajstić information content (AvgIpc) is 2.60. The third-order valence-electron chi connectivity index (χ3n) is 4.32. The van der Waals surface area contributed by atoms with E-state index in [0.717, 1.165) is 12.8 Å². The summed E-state index contributed by atoms with van der Waals surface area (Å²) in [5.41, 5.74) is 0. The van der Waals surface area contributed by atoms with Gasteiger partial charge in [0.1, 0.15) is 0 Å². The fourth-order valence-electron chi connectivity index (χ4n) is 2.76. The van der Waals surface area contributed by atoms with E-state index in [4.69, 9.17) is 4.74 Å². The van der Waals surface area contributed by atoms with Crippen molar-refractivity contribution >= 4 is 5.97 Å². The van der Waals surface area contributed by atoms with Crippen LogP contribution in [0.4, 0.5) is 0 Å². The lowest BCUT2D eigenvalue weighted by Gasteiger charge is -2.03. The van der Waals surface area contributed by atoms with Crippen LogP contribution in [0.1, 0.15) is 103 Å². The van der Waals surface area contributed by atoms with Gasteiger partial charge in [0.05, 0.1) is 6.61 Å². The standard InChI is InChI=1S/C22H40O2/c1-3-5-6-7-8-9-10-11-12-13-14-15-16-17-18-19-20-21-24-22(23)4-2/h4,8-9H,2-3,5-7,10-21H2,1H3/b9-8+. The first-order valence-electron chi connectivity index (χ1n) is 10.3. The van der Waals surface area contributed by atoms with Crippen molar-refractivity contribution in [2.45, 2.75) is 103 Å². The number of rotatable bonds is 18. The molecular weight excluding hydrogens is 296 g/mol. The molecule has 0 heterocycles. The van der Waals surface area contributed by atoms with Crippen LogP contribution in [0.3, 0.4) is 0 Å². The third-order valence-corrected chi connectivity index (χ3v) is 4.32. The first-order chi connectivity index (χ1) is 11.8. The van der Waals surface area contributed by atoms with Gasteiger partial charge in [-0.1, -0.05) is 89.9 Å². The molecule has 0 aliphatic carbocycles. The summed E-state index contributed by atoms with van der Waals surface area (Å²) < 4.78 is 4.95. The van der Waals surface area contributed by atoms with Crippen LogP contribution in [0.15, 0.2) is 24.8 Å². The van der Waals surface area contributed by atoms with Crippen molar-refractivity contribution in [3.8, 4) is 0 Å². The van der Waals surface area contributed by atoms with Crippen LogP contribution in [0.25, 0.3) is 0 Å². The lowest BCUT2D eigenvalue weighted by Crippen LogP contribution is -2.01. The normalized spacial score (nSPS) is 11.0. The molecule has 0 spiro atoms. The molecule has 0 rings (SSSR count). The van der Waals surface area contributed by atoms with E-state index < -0.39 is 0 Å². The smallest absolute Gasteiger partial charge is 0.330 e. The summed E-state index contributed by atoms with van der Waals surface area (Å²) in [6, 6.07) is 0. The summed E-state index contributed by atoms with van der Waals surface area (Å²) in [5, 5.41) is 0. The zero-order chi connectivity index (χ0) is 17.7. The highest BCUT2D eigenvalue weighted by Gasteiger charge is 1.96.